The van der Waals surface area contributed by atoms with Gasteiger partial charge in [0.15, 0.2) is 35.9 Å². The summed E-state index contributed by atoms with van der Waals surface area (Å²) >= 11 is 6.28. The molecule has 0 bridgehead atoms. The quantitative estimate of drug-likeness (QED) is 0.267. The Morgan fingerprint density at radius 3 is 2.69 bits per heavy atom. The Balaban J connectivity index is 1.26. The number of hydrogen-bond acceptors (Lipinski definition) is 11. The average molecular weight is 602 g/mol. The highest BCUT2D eigenvalue weighted by molar-refractivity contribution is 6.30. The Labute approximate surface area is 248 Å². The third-order valence-corrected chi connectivity index (χ3v) is 7.91. The van der Waals surface area contributed by atoms with E-state index in [0.29, 0.717) is 46.9 Å². The SMILES string of the molecule is CNC(=O)[C@H]1O[C@H](n2cnc3c(NCc4cc(Cl)ccc4OCC(=O)N4CCN(C(C)C)CC4)ncnc32)[C@@H](O)[C@@H]1N. The van der Waals surface area contributed by atoms with Gasteiger partial charge in [0.05, 0.1) is 12.4 Å². The van der Waals surface area contributed by atoms with Crippen LogP contribution in [-0.2, 0) is 20.9 Å². The molecule has 14 nitrogen and oxygen atoms in total. The minimum absolute atomic E-state index is 0.0648. The van der Waals surface area contributed by atoms with Gasteiger partial charge in [0.25, 0.3) is 11.8 Å². The highest BCUT2D eigenvalue weighted by Crippen LogP contribution is 2.32. The van der Waals surface area contributed by atoms with Gasteiger partial charge in [-0.15, -0.1) is 0 Å². The molecule has 5 rings (SSSR count). The molecule has 0 aliphatic carbocycles. The number of ether oxygens (including phenoxy) is 2. The fourth-order valence-electron chi connectivity index (χ4n) is 5.19. The van der Waals surface area contributed by atoms with Gasteiger partial charge in [0.1, 0.15) is 18.2 Å². The number of aliphatic hydroxyl groups is 1. The van der Waals surface area contributed by atoms with Crippen LogP contribution in [0, 0.1) is 0 Å². The van der Waals surface area contributed by atoms with Gasteiger partial charge in [-0.05, 0) is 32.0 Å². The molecule has 2 aliphatic heterocycles. The van der Waals surface area contributed by atoms with E-state index in [2.05, 4.69) is 44.3 Å². The Bertz CT molecular complexity index is 1430. The number of benzene rings is 1. The van der Waals surface area contributed by atoms with E-state index in [1.807, 2.05) is 4.90 Å². The molecule has 2 aliphatic rings. The summed E-state index contributed by atoms with van der Waals surface area (Å²) in [6.07, 6.45) is -0.340. The Morgan fingerprint density at radius 2 is 1.98 bits per heavy atom. The molecule has 4 atom stereocenters. The maximum Gasteiger partial charge on any atom is 0.260 e. The molecule has 0 unspecified atom stereocenters. The number of carbonyl (C=O) groups excluding carboxylic acids is 2. The van der Waals surface area contributed by atoms with Crippen molar-refractivity contribution in [3.63, 3.8) is 0 Å². The number of nitrogens with zero attached hydrogens (tertiary/aromatic N) is 6. The zero-order valence-electron chi connectivity index (χ0n) is 23.7. The number of piperazine rings is 1. The lowest BCUT2D eigenvalue weighted by Gasteiger charge is -2.36. The molecule has 2 saturated heterocycles. The molecule has 0 spiro atoms. The van der Waals surface area contributed by atoms with E-state index in [1.165, 1.54) is 24.3 Å². The standard InChI is InChI=1S/C27H36ClN9O5/c1-15(2)35-6-8-36(9-7-35)19(38)12-41-18-5-4-17(28)10-16(18)11-31-24-21-25(33-13-32-24)37(14-34-21)27-22(39)20(29)23(42-27)26(40)30-3/h4-5,10,13-15,20,22-23,27,39H,6-9,11-12,29H2,1-3H3,(H,30,40)(H,31,32,33)/t20-,22-,23-,27-/m0/s1. The fraction of sp³-hybridized carbons (Fsp3) is 0.519. The maximum atomic E-state index is 12.8. The molecule has 5 N–H and O–H groups in total. The number of aliphatic hydroxyl groups excluding tert-OH is 1. The lowest BCUT2D eigenvalue weighted by molar-refractivity contribution is -0.135. The van der Waals surface area contributed by atoms with E-state index in [1.54, 1.807) is 18.2 Å². The first-order chi connectivity index (χ1) is 20.2. The minimum Gasteiger partial charge on any atom is -0.483 e. The maximum absolute atomic E-state index is 12.8. The van der Waals surface area contributed by atoms with Crippen LogP contribution in [0.2, 0.25) is 5.02 Å². The van der Waals surface area contributed by atoms with Crippen LogP contribution in [0.25, 0.3) is 11.2 Å². The number of imidazole rings is 1. The van der Waals surface area contributed by atoms with Gasteiger partial charge in [0.2, 0.25) is 0 Å². The molecule has 15 heteroatoms. The normalized spacial score (nSPS) is 23.0. The average Bonchev–Trinajstić information content (AvgIpc) is 3.55. The van der Waals surface area contributed by atoms with Gasteiger partial charge < -0.3 is 35.8 Å². The molecule has 4 heterocycles. The van der Waals surface area contributed by atoms with Crippen LogP contribution in [0.15, 0.2) is 30.9 Å². The number of fused-ring (bicyclic) bond motifs is 1. The number of likely N-dealkylation sites (N-methyl/N-ethyl adjacent to an activating group) is 1. The highest BCUT2D eigenvalue weighted by atomic mass is 35.5. The van der Waals surface area contributed by atoms with Crippen molar-refractivity contribution in [3.8, 4) is 5.75 Å². The molecule has 2 fully saturated rings. The summed E-state index contributed by atoms with van der Waals surface area (Å²) in [6, 6.07) is 4.73. The molecule has 3 aromatic rings. The molecular formula is C27H36ClN9O5. The van der Waals surface area contributed by atoms with Crippen molar-refractivity contribution < 1.29 is 24.2 Å². The second-order valence-electron chi connectivity index (χ2n) is 10.6. The number of nitrogens with two attached hydrogens (primary N) is 1. The van der Waals surface area contributed by atoms with Crippen LogP contribution in [0.5, 0.6) is 5.75 Å². The summed E-state index contributed by atoms with van der Waals surface area (Å²) in [6.45, 7) is 7.53. The van der Waals surface area contributed by atoms with Crippen molar-refractivity contribution in [2.75, 3.05) is 45.2 Å². The Kier molecular flexibility index (Phi) is 9.08. The smallest absolute Gasteiger partial charge is 0.260 e. The lowest BCUT2D eigenvalue weighted by Crippen LogP contribution is -2.51. The van der Waals surface area contributed by atoms with E-state index >= 15 is 0 Å². The Hall–Kier alpha value is -3.56. The zero-order valence-corrected chi connectivity index (χ0v) is 24.5. The van der Waals surface area contributed by atoms with Gasteiger partial charge in [-0.2, -0.15) is 0 Å². The predicted octanol–water partition coefficient (Wildman–Crippen LogP) is 0.355. The van der Waals surface area contributed by atoms with Gasteiger partial charge in [-0.25, -0.2) is 15.0 Å². The highest BCUT2D eigenvalue weighted by Gasteiger charge is 2.46. The first-order valence-corrected chi connectivity index (χ1v) is 14.2. The van der Waals surface area contributed by atoms with Crippen molar-refractivity contribution in [1.29, 1.82) is 0 Å². The summed E-state index contributed by atoms with van der Waals surface area (Å²) in [5.74, 6) is 0.447. The van der Waals surface area contributed by atoms with Gasteiger partial charge in [-0.3, -0.25) is 19.1 Å². The van der Waals surface area contributed by atoms with Crippen LogP contribution < -0.4 is 21.1 Å². The summed E-state index contributed by atoms with van der Waals surface area (Å²) in [7, 11) is 1.47. The Morgan fingerprint density at radius 1 is 1.21 bits per heavy atom. The summed E-state index contributed by atoms with van der Waals surface area (Å²) in [4.78, 5) is 42.2. The summed E-state index contributed by atoms with van der Waals surface area (Å²) in [5, 5.41) is 16.9. The van der Waals surface area contributed by atoms with Crippen LogP contribution in [0.3, 0.4) is 0 Å². The van der Waals surface area contributed by atoms with E-state index in [4.69, 9.17) is 26.8 Å². The van der Waals surface area contributed by atoms with E-state index in [-0.39, 0.29) is 19.1 Å². The number of anilines is 1. The molecule has 0 radical (unpaired) electrons. The first-order valence-electron chi connectivity index (χ1n) is 13.8. The number of carbonyl (C=O) groups is 2. The van der Waals surface area contributed by atoms with Gasteiger partial charge >= 0.3 is 0 Å². The first kappa shape index (κ1) is 29.9. The van der Waals surface area contributed by atoms with E-state index < -0.39 is 30.4 Å². The summed E-state index contributed by atoms with van der Waals surface area (Å²) < 4.78 is 13.3. The second-order valence-corrected chi connectivity index (χ2v) is 11.0. The minimum atomic E-state index is -1.16. The van der Waals surface area contributed by atoms with Crippen molar-refractivity contribution in [1.82, 2.24) is 34.6 Å². The third-order valence-electron chi connectivity index (χ3n) is 7.68. The number of rotatable bonds is 9. The van der Waals surface area contributed by atoms with Crippen LogP contribution in [0.1, 0.15) is 25.6 Å². The lowest BCUT2D eigenvalue weighted by atomic mass is 10.1. The van der Waals surface area contributed by atoms with E-state index in [9.17, 15) is 14.7 Å². The molecule has 1 aromatic carbocycles. The van der Waals surface area contributed by atoms with Crippen LogP contribution in [-0.4, -0.2) is 110 Å². The third kappa shape index (κ3) is 6.13. The number of halogens is 1. The predicted molar refractivity (Wildman–Crippen MR) is 155 cm³/mol. The van der Waals surface area contributed by atoms with Crippen LogP contribution in [0.4, 0.5) is 5.82 Å². The molecule has 0 saturated carbocycles. The van der Waals surface area contributed by atoms with Crippen molar-refractivity contribution in [2.24, 2.45) is 5.73 Å². The number of hydrogen-bond donors (Lipinski definition) is 4. The molecule has 226 valence electrons. The van der Waals surface area contributed by atoms with Crippen molar-refractivity contribution in [2.45, 2.75) is 50.9 Å². The van der Waals surface area contributed by atoms with Crippen molar-refractivity contribution >= 4 is 40.4 Å². The van der Waals surface area contributed by atoms with Crippen LogP contribution >= 0.6 is 11.6 Å². The fourth-order valence-corrected chi connectivity index (χ4v) is 5.39. The monoisotopic (exact) mass is 601 g/mol. The topological polar surface area (TPSA) is 173 Å². The molecular weight excluding hydrogens is 566 g/mol. The summed E-state index contributed by atoms with van der Waals surface area (Å²) in [5.41, 5.74) is 7.57. The molecule has 2 amide bonds. The van der Waals surface area contributed by atoms with E-state index in [0.717, 1.165) is 18.7 Å². The largest absolute Gasteiger partial charge is 0.483 e. The second kappa shape index (κ2) is 12.8. The number of amides is 2. The van der Waals surface area contributed by atoms with Gasteiger partial charge in [0, 0.05) is 56.4 Å². The van der Waals surface area contributed by atoms with Crippen molar-refractivity contribution in [3.05, 3.63) is 41.4 Å². The molecule has 42 heavy (non-hydrogen) atoms. The number of aromatic nitrogens is 4. The van der Waals surface area contributed by atoms with Gasteiger partial charge in [-0.1, -0.05) is 11.6 Å². The zero-order chi connectivity index (χ0) is 30.0. The molecule has 2 aromatic heterocycles. The number of nitrogens with one attached hydrogen (secondary N) is 2.